The van der Waals surface area contributed by atoms with Crippen LogP contribution in [0, 0.1) is 16.0 Å². The second-order valence-electron chi connectivity index (χ2n) is 6.49. The van der Waals surface area contributed by atoms with Gasteiger partial charge in [-0.25, -0.2) is 9.69 Å². The van der Waals surface area contributed by atoms with Crippen LogP contribution in [-0.4, -0.2) is 33.8 Å². The summed E-state index contributed by atoms with van der Waals surface area (Å²) >= 11 is 0. The van der Waals surface area contributed by atoms with Crippen molar-refractivity contribution < 1.29 is 27.7 Å². The largest absolute Gasteiger partial charge is 0.423 e. The van der Waals surface area contributed by atoms with E-state index in [-0.39, 0.29) is 17.6 Å². The van der Waals surface area contributed by atoms with Crippen molar-refractivity contribution in [3.8, 4) is 0 Å². The van der Waals surface area contributed by atoms with Crippen molar-refractivity contribution in [2.24, 2.45) is 5.92 Å². The third kappa shape index (κ3) is 2.12. The molecule has 1 aliphatic carbocycles. The number of halogens is 3. The molecule has 25 heavy (non-hydrogen) atoms. The number of hydrogen-bond acceptors (Lipinski definition) is 4. The van der Waals surface area contributed by atoms with Crippen LogP contribution in [0.2, 0.25) is 0 Å². The average Bonchev–Trinajstić information content (AvgIpc) is 3.20. The minimum absolute atomic E-state index is 0.0339. The van der Waals surface area contributed by atoms with E-state index in [9.17, 15) is 32.9 Å². The second-order valence-corrected chi connectivity index (χ2v) is 6.49. The van der Waals surface area contributed by atoms with Gasteiger partial charge in [-0.2, -0.15) is 13.2 Å². The molecule has 2 aliphatic heterocycles. The Kier molecular flexibility index (Phi) is 3.13. The van der Waals surface area contributed by atoms with Crippen molar-refractivity contribution in [2.75, 3.05) is 4.90 Å². The van der Waals surface area contributed by atoms with Crippen molar-refractivity contribution in [1.82, 2.24) is 4.90 Å². The van der Waals surface area contributed by atoms with Crippen LogP contribution in [0.5, 0.6) is 0 Å². The maximum atomic E-state index is 13.1. The van der Waals surface area contributed by atoms with Gasteiger partial charge in [0.2, 0.25) is 0 Å². The van der Waals surface area contributed by atoms with Gasteiger partial charge in [0.1, 0.15) is 11.6 Å². The fraction of sp³-hybridized carbons (Fsp3) is 0.467. The van der Waals surface area contributed by atoms with Crippen LogP contribution < -0.4 is 4.90 Å². The highest BCUT2D eigenvalue weighted by atomic mass is 19.4. The van der Waals surface area contributed by atoms with E-state index in [2.05, 4.69) is 0 Å². The van der Waals surface area contributed by atoms with Gasteiger partial charge in [-0.1, -0.05) is 0 Å². The van der Waals surface area contributed by atoms with Crippen LogP contribution in [0.1, 0.15) is 24.8 Å². The summed E-state index contributed by atoms with van der Waals surface area (Å²) in [6, 6.07) is 0.846. The summed E-state index contributed by atoms with van der Waals surface area (Å²) in [5.41, 5.74) is -2.89. The molecule has 0 spiro atoms. The van der Waals surface area contributed by atoms with Gasteiger partial charge < -0.3 is 4.90 Å². The number of nitro groups is 1. The van der Waals surface area contributed by atoms with Crippen LogP contribution in [0.25, 0.3) is 0 Å². The van der Waals surface area contributed by atoms with Gasteiger partial charge in [0.25, 0.3) is 11.6 Å². The molecule has 0 radical (unpaired) electrons. The molecule has 1 saturated carbocycles. The molecule has 2 saturated heterocycles. The Bertz CT molecular complexity index is 782. The highest BCUT2D eigenvalue weighted by Crippen LogP contribution is 2.48. The number of nitrogens with zero attached hydrogens (tertiary/aromatic N) is 3. The third-order valence-corrected chi connectivity index (χ3v) is 5.21. The van der Waals surface area contributed by atoms with Gasteiger partial charge in [-0.3, -0.25) is 14.9 Å². The maximum Gasteiger partial charge on any atom is 0.423 e. The summed E-state index contributed by atoms with van der Waals surface area (Å²) in [6.07, 6.45) is -2.64. The quantitative estimate of drug-likeness (QED) is 0.464. The maximum absolute atomic E-state index is 13.1. The van der Waals surface area contributed by atoms with Gasteiger partial charge in [0.15, 0.2) is 0 Å². The molecule has 0 N–H and O–H groups in total. The van der Waals surface area contributed by atoms with E-state index in [0.717, 1.165) is 25.3 Å². The zero-order valence-electron chi connectivity index (χ0n) is 12.7. The number of alkyl halides is 3. The van der Waals surface area contributed by atoms with E-state index < -0.39 is 40.3 Å². The summed E-state index contributed by atoms with van der Waals surface area (Å²) in [4.78, 5) is 37.1. The fourth-order valence-electron chi connectivity index (χ4n) is 4.21. The number of anilines is 1. The first-order valence-electron chi connectivity index (χ1n) is 7.72. The van der Waals surface area contributed by atoms with Gasteiger partial charge in [0.05, 0.1) is 10.6 Å². The second kappa shape index (κ2) is 4.93. The molecular formula is C15H12F3N3O4. The number of amides is 3. The molecule has 0 aromatic heterocycles. The molecule has 3 amide bonds. The van der Waals surface area contributed by atoms with E-state index in [0.29, 0.717) is 17.0 Å². The lowest BCUT2D eigenvalue weighted by atomic mass is 9.99. The molecule has 7 nitrogen and oxygen atoms in total. The fourth-order valence-corrected chi connectivity index (χ4v) is 4.21. The normalized spacial score (nSPS) is 28.0. The van der Waals surface area contributed by atoms with E-state index in [1.54, 1.807) is 0 Å². The molecule has 3 aliphatic rings. The Hall–Kier alpha value is -2.65. The van der Waals surface area contributed by atoms with Crippen molar-refractivity contribution >= 4 is 23.3 Å². The number of rotatable bonds is 2. The Morgan fingerprint density at radius 3 is 2.52 bits per heavy atom. The van der Waals surface area contributed by atoms with Crippen LogP contribution >= 0.6 is 0 Å². The lowest BCUT2D eigenvalue weighted by Gasteiger charge is -2.25. The number of carbonyl (C=O) groups excluding carboxylic acids is 2. The molecule has 2 bridgehead atoms. The van der Waals surface area contributed by atoms with E-state index in [1.807, 2.05) is 0 Å². The molecule has 1 aromatic rings. The molecule has 4 rings (SSSR count). The van der Waals surface area contributed by atoms with Crippen molar-refractivity contribution in [3.63, 3.8) is 0 Å². The molecule has 3 atom stereocenters. The number of benzene rings is 1. The Balaban J connectivity index is 1.77. The number of carbonyl (C=O) groups is 2. The summed E-state index contributed by atoms with van der Waals surface area (Å²) < 4.78 is 39.4. The van der Waals surface area contributed by atoms with Gasteiger partial charge >= 0.3 is 12.2 Å². The molecule has 0 unspecified atom stereocenters. The molecule has 10 heteroatoms. The predicted molar refractivity (Wildman–Crippen MR) is 77.7 cm³/mol. The van der Waals surface area contributed by atoms with Crippen molar-refractivity contribution in [3.05, 3.63) is 33.9 Å². The number of hydrogen-bond donors (Lipinski definition) is 0. The minimum Gasteiger partial charge on any atom is -0.309 e. The minimum atomic E-state index is -4.97. The van der Waals surface area contributed by atoms with Gasteiger partial charge in [-0.05, 0) is 37.3 Å². The smallest absolute Gasteiger partial charge is 0.309 e. The predicted octanol–water partition coefficient (Wildman–Crippen LogP) is 2.93. The summed E-state index contributed by atoms with van der Waals surface area (Å²) in [7, 11) is 0. The average molecular weight is 355 g/mol. The number of fused-ring (bicyclic) bond motifs is 5. The Morgan fingerprint density at radius 1 is 1.20 bits per heavy atom. The summed E-state index contributed by atoms with van der Waals surface area (Å²) in [6.45, 7) is 0. The lowest BCUT2D eigenvalue weighted by Crippen LogP contribution is -2.40. The topological polar surface area (TPSA) is 83.8 Å². The zero-order chi connectivity index (χ0) is 18.1. The van der Waals surface area contributed by atoms with Crippen LogP contribution in [0.3, 0.4) is 0 Å². The molecule has 132 valence electrons. The number of urea groups is 1. The molecule has 3 fully saturated rings. The number of imide groups is 1. The van der Waals surface area contributed by atoms with Crippen molar-refractivity contribution in [2.45, 2.75) is 37.5 Å². The zero-order valence-corrected chi connectivity index (χ0v) is 12.7. The first kappa shape index (κ1) is 15.9. The SMILES string of the molecule is O=C1[C@@H]2[C@H]3CC[C@H](C3)N2C(=O)N1c1ccc([N+](=O)[O-])c(C(F)(F)F)c1. The van der Waals surface area contributed by atoms with E-state index in [4.69, 9.17) is 0 Å². The lowest BCUT2D eigenvalue weighted by molar-refractivity contribution is -0.388. The number of piperidine rings is 1. The van der Waals surface area contributed by atoms with Crippen LogP contribution in [0.4, 0.5) is 29.3 Å². The Labute approximate surface area is 139 Å². The van der Waals surface area contributed by atoms with Gasteiger partial charge in [0, 0.05) is 12.1 Å². The van der Waals surface area contributed by atoms with Crippen LogP contribution in [-0.2, 0) is 11.0 Å². The standard InChI is InChI=1S/C15H12F3N3O4/c16-15(17,18)10-6-9(3-4-11(10)21(24)25)20-13(22)12-7-1-2-8(5-7)19(12)14(20)23/h3-4,6-8,12H,1-2,5H2/t7-,8+,12-/m0/s1. The molecule has 1 aromatic carbocycles. The number of nitro benzene ring substituents is 1. The monoisotopic (exact) mass is 355 g/mol. The summed E-state index contributed by atoms with van der Waals surface area (Å²) in [5.74, 6) is -0.522. The van der Waals surface area contributed by atoms with Crippen LogP contribution in [0.15, 0.2) is 18.2 Å². The van der Waals surface area contributed by atoms with Gasteiger partial charge in [-0.15, -0.1) is 0 Å². The molecular weight excluding hydrogens is 343 g/mol. The first-order chi connectivity index (χ1) is 11.7. The highest BCUT2D eigenvalue weighted by Gasteiger charge is 2.59. The van der Waals surface area contributed by atoms with Crippen molar-refractivity contribution in [1.29, 1.82) is 0 Å². The summed E-state index contributed by atoms with van der Waals surface area (Å²) in [5, 5.41) is 10.8. The van der Waals surface area contributed by atoms with E-state index in [1.165, 1.54) is 4.90 Å². The highest BCUT2D eigenvalue weighted by molar-refractivity contribution is 6.22. The van der Waals surface area contributed by atoms with E-state index >= 15 is 0 Å². The first-order valence-corrected chi connectivity index (χ1v) is 7.72. The molecule has 2 heterocycles. The Morgan fingerprint density at radius 2 is 1.92 bits per heavy atom. The third-order valence-electron chi connectivity index (χ3n) is 5.21.